The molecular formula is C7H2F9NO4. The maximum absolute atomic E-state index is 12.3. The van der Waals surface area contributed by atoms with E-state index in [2.05, 4.69) is 0 Å². The minimum atomic E-state index is -6.33. The van der Waals surface area contributed by atoms with Gasteiger partial charge in [0.2, 0.25) is 6.04 Å². The summed E-state index contributed by atoms with van der Waals surface area (Å²) < 4.78 is 109. The minimum Gasteiger partial charge on any atom is -0.479 e. The minimum absolute atomic E-state index is 2.43. The van der Waals surface area contributed by atoms with Crippen molar-refractivity contribution in [2.75, 3.05) is 0 Å². The Bertz CT molecular complexity index is 422. The molecule has 0 fully saturated rings. The van der Waals surface area contributed by atoms with E-state index in [0.717, 1.165) is 0 Å². The summed E-state index contributed by atoms with van der Waals surface area (Å²) in [4.78, 5) is 28.9. The van der Waals surface area contributed by atoms with E-state index in [1.807, 2.05) is 0 Å². The first-order valence-electron chi connectivity index (χ1n) is 4.32. The van der Waals surface area contributed by atoms with Crippen molar-refractivity contribution in [1.29, 1.82) is 0 Å². The molecular weight excluding hydrogens is 333 g/mol. The molecule has 0 spiro atoms. The third-order valence-electron chi connectivity index (χ3n) is 1.72. The number of rotatable bonds is 2. The molecule has 21 heavy (non-hydrogen) atoms. The topological polar surface area (TPSA) is 74.7 Å². The lowest BCUT2D eigenvalue weighted by atomic mass is 10.2. The van der Waals surface area contributed by atoms with Crippen LogP contribution in [0.5, 0.6) is 0 Å². The van der Waals surface area contributed by atoms with E-state index in [0.29, 0.717) is 0 Å². The maximum Gasteiger partial charge on any atom is 0.471 e. The second-order valence-electron chi connectivity index (χ2n) is 3.26. The number of hydrogen-bond donors (Lipinski definition) is 1. The Morgan fingerprint density at radius 3 is 1.19 bits per heavy atom. The Labute approximate surface area is 107 Å². The highest BCUT2D eigenvalue weighted by molar-refractivity contribution is 6.03. The van der Waals surface area contributed by atoms with Gasteiger partial charge in [0, 0.05) is 0 Å². The van der Waals surface area contributed by atoms with E-state index in [-0.39, 0.29) is 0 Å². The fraction of sp³-hybridized carbons (Fsp3) is 0.571. The van der Waals surface area contributed by atoms with Crippen molar-refractivity contribution in [3.8, 4) is 0 Å². The van der Waals surface area contributed by atoms with Gasteiger partial charge in [-0.3, -0.25) is 9.59 Å². The third kappa shape index (κ3) is 4.49. The summed E-state index contributed by atoms with van der Waals surface area (Å²) in [6, 6.07) is -4.64. The van der Waals surface area contributed by atoms with Gasteiger partial charge >= 0.3 is 36.3 Å². The van der Waals surface area contributed by atoms with Crippen LogP contribution in [-0.4, -0.2) is 52.4 Å². The Morgan fingerprint density at radius 1 is 0.762 bits per heavy atom. The third-order valence-corrected chi connectivity index (χ3v) is 1.72. The molecule has 0 aromatic rings. The second-order valence-corrected chi connectivity index (χ2v) is 3.26. The fourth-order valence-electron chi connectivity index (χ4n) is 0.997. The summed E-state index contributed by atoms with van der Waals surface area (Å²) in [5, 5.41) is 8.11. The molecule has 1 N–H and O–H groups in total. The number of aliphatic carboxylic acids is 1. The molecule has 5 nitrogen and oxygen atoms in total. The number of hydrogen-bond acceptors (Lipinski definition) is 3. The van der Waals surface area contributed by atoms with E-state index < -0.39 is 47.3 Å². The highest BCUT2D eigenvalue weighted by Gasteiger charge is 2.62. The zero-order chi connectivity index (χ0) is 17.4. The number of nitrogens with zero attached hydrogens (tertiary/aromatic N) is 1. The van der Waals surface area contributed by atoms with Gasteiger partial charge in [-0.25, -0.2) is 9.69 Å². The van der Waals surface area contributed by atoms with Crippen LogP contribution in [0.4, 0.5) is 39.5 Å². The van der Waals surface area contributed by atoms with Crippen molar-refractivity contribution in [2.24, 2.45) is 0 Å². The number of carboxylic acid groups (broad SMARTS) is 1. The Hall–Kier alpha value is -2.02. The lowest BCUT2D eigenvalue weighted by Crippen LogP contribution is -2.61. The first-order valence-corrected chi connectivity index (χ1v) is 4.32. The van der Waals surface area contributed by atoms with Gasteiger partial charge in [0.05, 0.1) is 0 Å². The predicted molar refractivity (Wildman–Crippen MR) is 41.4 cm³/mol. The Morgan fingerprint density at radius 2 is 1.05 bits per heavy atom. The molecule has 14 heteroatoms. The molecule has 2 amide bonds. The van der Waals surface area contributed by atoms with Gasteiger partial charge in [-0.15, -0.1) is 0 Å². The van der Waals surface area contributed by atoms with Crippen LogP contribution in [-0.2, 0) is 14.4 Å². The number of carbonyl (C=O) groups is 3. The SMILES string of the molecule is O=C(O)[C@@H](N(C(=O)C(F)(F)F)C(=O)C(F)(F)F)C(F)(F)F. The average Bonchev–Trinajstić information content (AvgIpc) is 2.18. The van der Waals surface area contributed by atoms with Crippen molar-refractivity contribution in [1.82, 2.24) is 4.90 Å². The quantitative estimate of drug-likeness (QED) is 0.776. The molecule has 0 saturated carbocycles. The number of alkyl halides is 9. The van der Waals surface area contributed by atoms with Gasteiger partial charge in [0.15, 0.2) is 0 Å². The molecule has 0 rings (SSSR count). The van der Waals surface area contributed by atoms with Crippen LogP contribution in [0.2, 0.25) is 0 Å². The standard InChI is InChI=1S/C7H2F9NO4/c8-5(9,10)1(2(18)19)17(3(20)6(11,12)13)4(21)7(14,15)16/h1H,(H,18,19)/t1-/m1/s1. The smallest absolute Gasteiger partial charge is 0.471 e. The fourth-order valence-corrected chi connectivity index (χ4v) is 0.997. The van der Waals surface area contributed by atoms with E-state index >= 15 is 0 Å². The number of amides is 2. The van der Waals surface area contributed by atoms with E-state index in [9.17, 15) is 53.9 Å². The van der Waals surface area contributed by atoms with Crippen LogP contribution in [0.15, 0.2) is 0 Å². The monoisotopic (exact) mass is 335 g/mol. The molecule has 0 bridgehead atoms. The molecule has 0 aromatic heterocycles. The van der Waals surface area contributed by atoms with Gasteiger partial charge in [-0.05, 0) is 0 Å². The van der Waals surface area contributed by atoms with Gasteiger partial charge in [0.25, 0.3) is 0 Å². The van der Waals surface area contributed by atoms with Crippen LogP contribution < -0.4 is 0 Å². The summed E-state index contributed by atoms with van der Waals surface area (Å²) in [6.07, 6.45) is -18.9. The van der Waals surface area contributed by atoms with Crippen molar-refractivity contribution < 1.29 is 59.0 Å². The van der Waals surface area contributed by atoms with Crippen molar-refractivity contribution in [2.45, 2.75) is 24.6 Å². The molecule has 1 atom stereocenters. The van der Waals surface area contributed by atoms with Crippen LogP contribution in [0.25, 0.3) is 0 Å². The highest BCUT2D eigenvalue weighted by atomic mass is 19.4. The summed E-state index contributed by atoms with van der Waals surface area (Å²) in [6.45, 7) is 0. The molecule has 0 aliphatic rings. The van der Waals surface area contributed by atoms with Gasteiger partial charge in [-0.1, -0.05) is 0 Å². The highest BCUT2D eigenvalue weighted by Crippen LogP contribution is 2.32. The summed E-state index contributed by atoms with van der Waals surface area (Å²) >= 11 is 0. The second kappa shape index (κ2) is 5.40. The molecule has 0 aromatic carbocycles. The van der Waals surface area contributed by atoms with Crippen LogP contribution >= 0.6 is 0 Å². The zero-order valence-corrected chi connectivity index (χ0v) is 9.10. The van der Waals surface area contributed by atoms with E-state index in [4.69, 9.17) is 5.11 Å². The molecule has 0 aliphatic carbocycles. The molecule has 0 saturated heterocycles. The van der Waals surface area contributed by atoms with Gasteiger partial charge in [-0.2, -0.15) is 39.5 Å². The molecule has 0 unspecified atom stereocenters. The predicted octanol–water partition coefficient (Wildman–Crippen LogP) is 1.48. The largest absolute Gasteiger partial charge is 0.479 e. The first-order chi connectivity index (χ1) is 9.01. The zero-order valence-electron chi connectivity index (χ0n) is 9.10. The van der Waals surface area contributed by atoms with Crippen LogP contribution in [0, 0.1) is 0 Å². The number of carbonyl (C=O) groups excluding carboxylic acids is 2. The van der Waals surface area contributed by atoms with E-state index in [1.54, 1.807) is 0 Å². The normalized spacial score (nSPS) is 14.5. The first kappa shape index (κ1) is 19.0. The van der Waals surface area contributed by atoms with Crippen LogP contribution in [0.1, 0.15) is 0 Å². The molecule has 0 radical (unpaired) electrons. The Kier molecular flexibility index (Phi) is 4.88. The number of imide groups is 1. The lowest BCUT2D eigenvalue weighted by molar-refractivity contribution is -0.231. The van der Waals surface area contributed by atoms with E-state index in [1.165, 1.54) is 0 Å². The van der Waals surface area contributed by atoms with Crippen molar-refractivity contribution in [3.63, 3.8) is 0 Å². The summed E-state index contributed by atoms with van der Waals surface area (Å²) in [7, 11) is 0. The van der Waals surface area contributed by atoms with Crippen molar-refractivity contribution >= 4 is 17.8 Å². The maximum atomic E-state index is 12.3. The number of halogens is 9. The molecule has 0 aliphatic heterocycles. The molecule has 0 heterocycles. The summed E-state index contributed by atoms with van der Waals surface area (Å²) in [5.74, 6) is -11.1. The number of carboxylic acids is 1. The van der Waals surface area contributed by atoms with Gasteiger partial charge in [0.1, 0.15) is 0 Å². The average molecular weight is 335 g/mol. The Balaban J connectivity index is 6.11. The summed E-state index contributed by atoms with van der Waals surface area (Å²) in [5.41, 5.74) is 0. The van der Waals surface area contributed by atoms with Crippen LogP contribution in [0.3, 0.4) is 0 Å². The van der Waals surface area contributed by atoms with Gasteiger partial charge < -0.3 is 5.11 Å². The lowest BCUT2D eigenvalue weighted by Gasteiger charge is -2.29. The molecule has 122 valence electrons. The van der Waals surface area contributed by atoms with Crippen molar-refractivity contribution in [3.05, 3.63) is 0 Å².